The van der Waals surface area contributed by atoms with Gasteiger partial charge < -0.3 is 20.1 Å². The van der Waals surface area contributed by atoms with E-state index in [1.165, 1.54) is 0 Å². The number of carbonyl (C=O) groups is 1. The normalized spacial score (nSPS) is 18.4. The molecule has 1 heterocycles. The van der Waals surface area contributed by atoms with Gasteiger partial charge in [-0.05, 0) is 40.2 Å². The molecule has 0 aromatic carbocycles. The predicted octanol–water partition coefficient (Wildman–Crippen LogP) is 1.36. The van der Waals surface area contributed by atoms with Crippen molar-refractivity contribution in [1.29, 1.82) is 0 Å². The summed E-state index contributed by atoms with van der Waals surface area (Å²) in [4.78, 5) is 13.5. The molecule has 0 bridgehead atoms. The standard InChI is InChI=1S/C13H26N2O3/c1-5-7-14-13(6-8-16)9-15(10-13)11(17)18-12(2,3)4/h14,16H,5-10H2,1-4H3. The third-order valence-electron chi connectivity index (χ3n) is 2.98. The fraction of sp³-hybridized carbons (Fsp3) is 0.923. The largest absolute Gasteiger partial charge is 0.444 e. The summed E-state index contributed by atoms with van der Waals surface area (Å²) in [5.41, 5.74) is -0.579. The molecule has 1 saturated heterocycles. The van der Waals surface area contributed by atoms with E-state index < -0.39 is 5.60 Å². The van der Waals surface area contributed by atoms with Crippen molar-refractivity contribution in [2.24, 2.45) is 0 Å². The molecule has 1 fully saturated rings. The highest BCUT2D eigenvalue weighted by Gasteiger charge is 2.45. The molecule has 1 rings (SSSR count). The fourth-order valence-electron chi connectivity index (χ4n) is 2.10. The third kappa shape index (κ3) is 4.14. The molecule has 0 saturated carbocycles. The van der Waals surface area contributed by atoms with Crippen molar-refractivity contribution in [3.05, 3.63) is 0 Å². The van der Waals surface area contributed by atoms with E-state index in [0.29, 0.717) is 19.5 Å². The van der Waals surface area contributed by atoms with E-state index >= 15 is 0 Å². The molecule has 106 valence electrons. The number of likely N-dealkylation sites (tertiary alicyclic amines) is 1. The predicted molar refractivity (Wildman–Crippen MR) is 70.5 cm³/mol. The number of aliphatic hydroxyl groups excluding tert-OH is 1. The molecular weight excluding hydrogens is 232 g/mol. The van der Waals surface area contributed by atoms with Crippen LogP contribution in [0, 0.1) is 0 Å². The Kier molecular flexibility index (Phi) is 4.99. The summed E-state index contributed by atoms with van der Waals surface area (Å²) in [6.45, 7) is 9.96. The van der Waals surface area contributed by atoms with Gasteiger partial charge in [-0.25, -0.2) is 4.79 Å². The van der Waals surface area contributed by atoms with Gasteiger partial charge in [-0.1, -0.05) is 6.92 Å². The number of amides is 1. The first-order valence-corrected chi connectivity index (χ1v) is 6.66. The molecule has 5 heteroatoms. The molecule has 1 aliphatic heterocycles. The molecule has 1 aliphatic rings. The lowest BCUT2D eigenvalue weighted by Gasteiger charge is -2.50. The minimum absolute atomic E-state index is 0.123. The molecule has 0 aromatic rings. The van der Waals surface area contributed by atoms with Crippen LogP contribution in [0.15, 0.2) is 0 Å². The zero-order valence-corrected chi connectivity index (χ0v) is 12.0. The first kappa shape index (κ1) is 15.2. The van der Waals surface area contributed by atoms with Gasteiger partial charge in [0, 0.05) is 19.7 Å². The lowest BCUT2D eigenvalue weighted by Crippen LogP contribution is -2.71. The fourth-order valence-corrected chi connectivity index (χ4v) is 2.10. The summed E-state index contributed by atoms with van der Waals surface area (Å²) in [6.07, 6.45) is 1.45. The number of hydrogen-bond donors (Lipinski definition) is 2. The Morgan fingerprint density at radius 3 is 2.50 bits per heavy atom. The van der Waals surface area contributed by atoms with Crippen molar-refractivity contribution in [1.82, 2.24) is 10.2 Å². The second kappa shape index (κ2) is 5.89. The quantitative estimate of drug-likeness (QED) is 0.781. The highest BCUT2D eigenvalue weighted by atomic mass is 16.6. The summed E-state index contributed by atoms with van der Waals surface area (Å²) in [5, 5.41) is 12.5. The van der Waals surface area contributed by atoms with Crippen LogP contribution in [0.1, 0.15) is 40.5 Å². The average Bonchev–Trinajstić information content (AvgIpc) is 2.18. The van der Waals surface area contributed by atoms with E-state index in [2.05, 4.69) is 12.2 Å². The number of nitrogens with one attached hydrogen (secondary N) is 1. The Hall–Kier alpha value is -0.810. The van der Waals surface area contributed by atoms with Crippen molar-refractivity contribution in [3.8, 4) is 0 Å². The summed E-state index contributed by atoms with van der Waals surface area (Å²) in [5.74, 6) is 0. The van der Waals surface area contributed by atoms with Crippen LogP contribution in [0.25, 0.3) is 0 Å². The van der Waals surface area contributed by atoms with Crippen LogP contribution in [-0.2, 0) is 4.74 Å². The second-order valence-corrected chi connectivity index (χ2v) is 6.02. The molecular formula is C13H26N2O3. The van der Waals surface area contributed by atoms with Gasteiger partial charge in [0.1, 0.15) is 5.60 Å². The van der Waals surface area contributed by atoms with Gasteiger partial charge in [0.25, 0.3) is 0 Å². The molecule has 2 N–H and O–H groups in total. The van der Waals surface area contributed by atoms with Crippen LogP contribution in [0.2, 0.25) is 0 Å². The maximum absolute atomic E-state index is 11.8. The SMILES string of the molecule is CCCNC1(CCO)CN(C(=O)OC(C)(C)C)C1. The molecule has 0 atom stereocenters. The van der Waals surface area contributed by atoms with E-state index in [4.69, 9.17) is 9.84 Å². The van der Waals surface area contributed by atoms with E-state index in [1.54, 1.807) is 4.90 Å². The molecule has 0 aromatic heterocycles. The Morgan fingerprint density at radius 1 is 1.44 bits per heavy atom. The van der Waals surface area contributed by atoms with Gasteiger partial charge >= 0.3 is 6.09 Å². The van der Waals surface area contributed by atoms with Crippen molar-refractivity contribution < 1.29 is 14.6 Å². The van der Waals surface area contributed by atoms with E-state index in [1.807, 2.05) is 20.8 Å². The van der Waals surface area contributed by atoms with Crippen molar-refractivity contribution >= 4 is 6.09 Å². The summed E-state index contributed by atoms with van der Waals surface area (Å²) < 4.78 is 5.31. The van der Waals surface area contributed by atoms with Gasteiger partial charge in [-0.3, -0.25) is 0 Å². The van der Waals surface area contributed by atoms with Crippen molar-refractivity contribution in [2.45, 2.75) is 51.7 Å². The van der Waals surface area contributed by atoms with Crippen LogP contribution >= 0.6 is 0 Å². The van der Waals surface area contributed by atoms with Crippen LogP contribution in [0.3, 0.4) is 0 Å². The first-order valence-electron chi connectivity index (χ1n) is 6.66. The molecule has 0 spiro atoms. The Bertz CT molecular complexity index is 280. The molecule has 0 aliphatic carbocycles. The van der Waals surface area contributed by atoms with Crippen LogP contribution < -0.4 is 5.32 Å². The molecule has 18 heavy (non-hydrogen) atoms. The molecule has 0 radical (unpaired) electrons. The number of hydrogen-bond acceptors (Lipinski definition) is 4. The van der Waals surface area contributed by atoms with Gasteiger partial charge in [-0.2, -0.15) is 0 Å². The lowest BCUT2D eigenvalue weighted by atomic mass is 9.86. The second-order valence-electron chi connectivity index (χ2n) is 6.02. The van der Waals surface area contributed by atoms with Crippen LogP contribution in [-0.4, -0.2) is 53.5 Å². The van der Waals surface area contributed by atoms with Crippen LogP contribution in [0.5, 0.6) is 0 Å². The maximum atomic E-state index is 11.8. The summed E-state index contributed by atoms with van der Waals surface area (Å²) in [6, 6.07) is 0. The number of rotatable bonds is 5. The van der Waals surface area contributed by atoms with Gasteiger partial charge in [0.15, 0.2) is 0 Å². The number of aliphatic hydroxyl groups is 1. The van der Waals surface area contributed by atoms with Crippen LogP contribution in [0.4, 0.5) is 4.79 Å². The highest BCUT2D eigenvalue weighted by Crippen LogP contribution is 2.26. The zero-order valence-electron chi connectivity index (χ0n) is 12.0. The zero-order chi connectivity index (χ0) is 13.8. The summed E-state index contributed by atoms with van der Waals surface area (Å²) in [7, 11) is 0. The van der Waals surface area contributed by atoms with E-state index in [-0.39, 0.29) is 18.2 Å². The topological polar surface area (TPSA) is 61.8 Å². The van der Waals surface area contributed by atoms with E-state index in [9.17, 15) is 4.79 Å². The molecule has 5 nitrogen and oxygen atoms in total. The Labute approximate surface area is 109 Å². The average molecular weight is 258 g/mol. The van der Waals surface area contributed by atoms with Gasteiger partial charge in [-0.15, -0.1) is 0 Å². The smallest absolute Gasteiger partial charge is 0.410 e. The van der Waals surface area contributed by atoms with Crippen molar-refractivity contribution in [2.75, 3.05) is 26.2 Å². The summed E-state index contributed by atoms with van der Waals surface area (Å²) >= 11 is 0. The van der Waals surface area contributed by atoms with E-state index in [0.717, 1.165) is 13.0 Å². The highest BCUT2D eigenvalue weighted by molar-refractivity contribution is 5.69. The maximum Gasteiger partial charge on any atom is 0.410 e. The first-order chi connectivity index (χ1) is 8.32. The number of carbonyl (C=O) groups excluding carboxylic acids is 1. The number of nitrogens with zero attached hydrogens (tertiary/aromatic N) is 1. The molecule has 0 unspecified atom stereocenters. The van der Waals surface area contributed by atoms with Crippen molar-refractivity contribution in [3.63, 3.8) is 0 Å². The Balaban J connectivity index is 2.45. The lowest BCUT2D eigenvalue weighted by molar-refractivity contribution is -0.0222. The Morgan fingerprint density at radius 2 is 2.06 bits per heavy atom. The minimum atomic E-state index is -0.455. The van der Waals surface area contributed by atoms with Gasteiger partial charge in [0.05, 0.1) is 5.54 Å². The molecule has 1 amide bonds. The third-order valence-corrected chi connectivity index (χ3v) is 2.98. The van der Waals surface area contributed by atoms with Gasteiger partial charge in [0.2, 0.25) is 0 Å². The minimum Gasteiger partial charge on any atom is -0.444 e. The number of ether oxygens (including phenoxy) is 1. The monoisotopic (exact) mass is 258 g/mol.